The largest absolute Gasteiger partial charge is 0.496 e. The Bertz CT molecular complexity index is 1130. The molecule has 32 heavy (non-hydrogen) atoms. The third-order valence-corrected chi connectivity index (χ3v) is 5.41. The predicted octanol–water partition coefficient (Wildman–Crippen LogP) is 3.85. The van der Waals surface area contributed by atoms with E-state index in [1.807, 2.05) is 43.7 Å². The molecule has 2 aromatic rings. The van der Waals surface area contributed by atoms with E-state index in [9.17, 15) is 9.59 Å². The highest BCUT2D eigenvalue weighted by Gasteiger charge is 2.32. The Morgan fingerprint density at radius 2 is 2.12 bits per heavy atom. The van der Waals surface area contributed by atoms with Crippen LogP contribution in [-0.4, -0.2) is 51.5 Å². The van der Waals surface area contributed by atoms with Crippen LogP contribution in [0.2, 0.25) is 0 Å². The minimum absolute atomic E-state index is 0.104. The third kappa shape index (κ3) is 4.64. The van der Waals surface area contributed by atoms with Gasteiger partial charge in [-0.3, -0.25) is 14.6 Å². The van der Waals surface area contributed by atoms with Crippen LogP contribution in [0.4, 0.5) is 0 Å². The van der Waals surface area contributed by atoms with Gasteiger partial charge in [-0.05, 0) is 49.6 Å². The van der Waals surface area contributed by atoms with Gasteiger partial charge in [0.15, 0.2) is 0 Å². The number of aromatic nitrogens is 2. The molecule has 0 saturated heterocycles. The Morgan fingerprint density at radius 3 is 2.75 bits per heavy atom. The molecular formula is C24H28N4O4. The first-order valence-electron chi connectivity index (χ1n) is 10.4. The van der Waals surface area contributed by atoms with Crippen LogP contribution in [0, 0.1) is 13.8 Å². The van der Waals surface area contributed by atoms with Crippen molar-refractivity contribution >= 4 is 18.1 Å². The number of ether oxygens (including phenoxy) is 1. The highest BCUT2D eigenvalue weighted by molar-refractivity contribution is 5.98. The second-order valence-electron chi connectivity index (χ2n) is 7.66. The summed E-state index contributed by atoms with van der Waals surface area (Å²) in [6.07, 6.45) is 4.08. The maximum atomic E-state index is 13.4. The van der Waals surface area contributed by atoms with Gasteiger partial charge in [-0.1, -0.05) is 13.5 Å². The Hall–Kier alpha value is -3.68. The number of allylic oxidation sites excluding steroid dienone is 1. The number of fused-ring (bicyclic) bond motifs is 1. The molecule has 0 radical (unpaired) electrons. The molecule has 0 bridgehead atoms. The number of hydrogen-bond acceptors (Lipinski definition) is 5. The molecule has 1 aromatic carbocycles. The molecule has 1 aromatic heterocycles. The lowest BCUT2D eigenvalue weighted by molar-refractivity contribution is -0.136. The smallest absolute Gasteiger partial charge is 0.307 e. The number of aliphatic carboxylic acids is 1. The quantitative estimate of drug-likeness (QED) is 0.634. The van der Waals surface area contributed by atoms with Crippen LogP contribution < -0.4 is 4.74 Å². The molecule has 3 rings (SSSR count). The molecule has 0 saturated carbocycles. The van der Waals surface area contributed by atoms with Crippen LogP contribution in [0.15, 0.2) is 47.2 Å². The van der Waals surface area contributed by atoms with E-state index in [1.54, 1.807) is 18.2 Å². The first-order chi connectivity index (χ1) is 15.3. The van der Waals surface area contributed by atoms with E-state index in [-0.39, 0.29) is 12.3 Å². The van der Waals surface area contributed by atoms with Crippen LogP contribution in [0.1, 0.15) is 47.1 Å². The molecular weight excluding hydrogens is 408 g/mol. The van der Waals surface area contributed by atoms with Gasteiger partial charge in [-0.15, -0.1) is 0 Å². The zero-order valence-corrected chi connectivity index (χ0v) is 18.9. The van der Waals surface area contributed by atoms with Crippen molar-refractivity contribution in [2.75, 3.05) is 13.7 Å². The summed E-state index contributed by atoms with van der Waals surface area (Å²) >= 11 is 0. The highest BCUT2D eigenvalue weighted by atomic mass is 16.5. The Balaban J connectivity index is 1.88. The lowest BCUT2D eigenvalue weighted by atomic mass is 10.0. The van der Waals surface area contributed by atoms with E-state index in [1.165, 1.54) is 6.21 Å². The molecule has 1 aliphatic rings. The number of rotatable bonds is 8. The third-order valence-electron chi connectivity index (χ3n) is 5.41. The number of carboxylic acids is 1. The van der Waals surface area contributed by atoms with E-state index in [2.05, 4.69) is 11.6 Å². The summed E-state index contributed by atoms with van der Waals surface area (Å²) in [7, 11) is 1.64. The molecule has 1 amide bonds. The van der Waals surface area contributed by atoms with Gasteiger partial charge in [-0.2, -0.15) is 5.10 Å². The molecule has 1 N–H and O–H groups in total. The van der Waals surface area contributed by atoms with Gasteiger partial charge in [0.1, 0.15) is 5.75 Å². The molecule has 8 nitrogen and oxygen atoms in total. The average molecular weight is 437 g/mol. The fourth-order valence-corrected chi connectivity index (χ4v) is 3.81. The number of carboxylic acid groups (broad SMARTS) is 1. The maximum absolute atomic E-state index is 13.4. The second-order valence-corrected chi connectivity index (χ2v) is 7.66. The van der Waals surface area contributed by atoms with E-state index in [0.29, 0.717) is 30.5 Å². The Kier molecular flexibility index (Phi) is 6.92. The number of aryl methyl sites for hydroxylation is 1. The molecule has 0 atom stereocenters. The monoisotopic (exact) mass is 436 g/mol. The van der Waals surface area contributed by atoms with Crippen LogP contribution in [0.5, 0.6) is 5.75 Å². The molecule has 8 heteroatoms. The Labute approximate surface area is 187 Å². The van der Waals surface area contributed by atoms with Gasteiger partial charge in [0.25, 0.3) is 5.91 Å². The Morgan fingerprint density at radius 1 is 1.38 bits per heavy atom. The summed E-state index contributed by atoms with van der Waals surface area (Å²) < 4.78 is 7.15. The van der Waals surface area contributed by atoms with Gasteiger partial charge in [0.2, 0.25) is 0 Å². The zero-order valence-electron chi connectivity index (χ0n) is 18.9. The predicted molar refractivity (Wildman–Crippen MR) is 123 cm³/mol. The average Bonchev–Trinajstić information content (AvgIpc) is 3.08. The van der Waals surface area contributed by atoms with Crippen molar-refractivity contribution in [3.8, 4) is 11.4 Å². The first-order valence-corrected chi connectivity index (χ1v) is 10.4. The van der Waals surface area contributed by atoms with Gasteiger partial charge < -0.3 is 14.7 Å². The SMILES string of the molecule is C=C(/C=N\C=C(/CC)N1CCc2nn(-c3ccc(OC)c(C)c3)c(C)c2C1=O)CC(=O)O. The molecule has 2 heterocycles. The molecule has 168 valence electrons. The van der Waals surface area contributed by atoms with Crippen molar-refractivity contribution < 1.29 is 19.4 Å². The summed E-state index contributed by atoms with van der Waals surface area (Å²) in [6, 6.07) is 5.81. The molecule has 1 aliphatic heterocycles. The van der Waals surface area contributed by atoms with Crippen molar-refractivity contribution in [1.82, 2.24) is 14.7 Å². The fourth-order valence-electron chi connectivity index (χ4n) is 3.81. The standard InChI is InChI=1S/C24H28N4O4/c1-6-18(14-25-13-15(2)11-22(29)30)27-10-9-20-23(24(27)31)17(4)28(26-20)19-7-8-21(32-5)16(3)12-19/h7-8,12-14H,2,6,9-11H2,1,3-5H3,(H,29,30)/b18-14+,25-13-. The summed E-state index contributed by atoms with van der Waals surface area (Å²) in [5, 5.41) is 13.5. The number of hydrogen-bond donors (Lipinski definition) is 1. The van der Waals surface area contributed by atoms with Gasteiger partial charge in [0.05, 0.1) is 36.2 Å². The number of aliphatic imine (C=N–C) groups is 1. The molecule has 0 fully saturated rings. The number of amides is 1. The van der Waals surface area contributed by atoms with Crippen molar-refractivity contribution in [2.24, 2.45) is 4.99 Å². The van der Waals surface area contributed by atoms with E-state index in [4.69, 9.17) is 14.9 Å². The second kappa shape index (κ2) is 9.64. The maximum Gasteiger partial charge on any atom is 0.307 e. The van der Waals surface area contributed by atoms with Crippen LogP contribution in [0.3, 0.4) is 0 Å². The molecule has 0 unspecified atom stereocenters. The number of nitrogens with zero attached hydrogens (tertiary/aromatic N) is 4. The van der Waals surface area contributed by atoms with Gasteiger partial charge >= 0.3 is 5.97 Å². The summed E-state index contributed by atoms with van der Waals surface area (Å²) in [5.41, 5.74) is 5.20. The summed E-state index contributed by atoms with van der Waals surface area (Å²) in [6.45, 7) is 10.0. The van der Waals surface area contributed by atoms with Crippen LogP contribution in [0.25, 0.3) is 5.69 Å². The molecule has 0 spiro atoms. The lowest BCUT2D eigenvalue weighted by Gasteiger charge is -2.28. The topological polar surface area (TPSA) is 97.0 Å². The van der Waals surface area contributed by atoms with Gasteiger partial charge in [0, 0.05) is 31.1 Å². The summed E-state index contributed by atoms with van der Waals surface area (Å²) in [4.78, 5) is 30.0. The fraction of sp³-hybridized carbons (Fsp3) is 0.333. The van der Waals surface area contributed by atoms with E-state index >= 15 is 0 Å². The number of benzene rings is 1. The van der Waals surface area contributed by atoms with E-state index < -0.39 is 5.97 Å². The van der Waals surface area contributed by atoms with Crippen molar-refractivity contribution in [1.29, 1.82) is 0 Å². The van der Waals surface area contributed by atoms with Crippen LogP contribution >= 0.6 is 0 Å². The van der Waals surface area contributed by atoms with Crippen molar-refractivity contribution in [3.63, 3.8) is 0 Å². The highest BCUT2D eigenvalue weighted by Crippen LogP contribution is 2.28. The zero-order chi connectivity index (χ0) is 23.4. The summed E-state index contributed by atoms with van der Waals surface area (Å²) in [5.74, 6) is -0.262. The van der Waals surface area contributed by atoms with Gasteiger partial charge in [-0.25, -0.2) is 4.68 Å². The lowest BCUT2D eigenvalue weighted by Crippen LogP contribution is -2.36. The first kappa shape index (κ1) is 23.0. The molecule has 0 aliphatic carbocycles. The minimum atomic E-state index is -0.959. The van der Waals surface area contributed by atoms with Crippen LogP contribution in [-0.2, 0) is 11.2 Å². The minimum Gasteiger partial charge on any atom is -0.496 e. The number of methoxy groups -OCH3 is 1. The number of carbonyl (C=O) groups excluding carboxylic acids is 1. The van der Waals surface area contributed by atoms with Crippen molar-refractivity contribution in [3.05, 3.63) is 64.8 Å². The van der Waals surface area contributed by atoms with Crippen molar-refractivity contribution in [2.45, 2.75) is 40.0 Å². The van der Waals surface area contributed by atoms with E-state index in [0.717, 1.165) is 34.1 Å². The normalized spacial score (nSPS) is 14.1. The number of carbonyl (C=O) groups is 2.